The molecule has 0 spiro atoms. The first-order valence-corrected chi connectivity index (χ1v) is 5.45. The van der Waals surface area contributed by atoms with Crippen LogP contribution in [0, 0.1) is 0 Å². The van der Waals surface area contributed by atoms with Crippen LogP contribution in [-0.4, -0.2) is 14.9 Å². The zero-order valence-electron chi connectivity index (χ0n) is 7.41. The van der Waals surface area contributed by atoms with Gasteiger partial charge in [-0.3, -0.25) is 4.68 Å². The Morgan fingerprint density at radius 3 is 2.85 bits per heavy atom. The molecular weight excluding hydrogens is 232 g/mol. The number of aliphatic hydroxyl groups excluding tert-OH is 1. The van der Waals surface area contributed by atoms with Crippen molar-refractivity contribution in [2.75, 3.05) is 0 Å². The molecule has 1 aliphatic carbocycles. The molecule has 1 aliphatic rings. The van der Waals surface area contributed by atoms with E-state index in [0.717, 1.165) is 10.2 Å². The number of hydrogen-bond acceptors (Lipinski definition) is 2. The molecule has 0 saturated heterocycles. The molecule has 1 aromatic rings. The van der Waals surface area contributed by atoms with Crippen molar-refractivity contribution >= 4 is 15.9 Å². The Balaban J connectivity index is 2.27. The minimum Gasteiger partial charge on any atom is -0.390 e. The quantitative estimate of drug-likeness (QED) is 0.867. The Morgan fingerprint density at radius 1 is 1.54 bits per heavy atom. The van der Waals surface area contributed by atoms with Crippen molar-refractivity contribution < 1.29 is 5.11 Å². The van der Waals surface area contributed by atoms with Gasteiger partial charge in [0, 0.05) is 0 Å². The monoisotopic (exact) mass is 244 g/mol. The molecule has 0 unspecified atom stereocenters. The molecule has 1 aromatic heterocycles. The summed E-state index contributed by atoms with van der Waals surface area (Å²) in [6.45, 7) is 0.0666. The molecule has 0 bridgehead atoms. The van der Waals surface area contributed by atoms with Gasteiger partial charge >= 0.3 is 0 Å². The summed E-state index contributed by atoms with van der Waals surface area (Å²) in [5.41, 5.74) is 0.909. The Kier molecular flexibility index (Phi) is 2.69. The minimum absolute atomic E-state index is 0.0666. The summed E-state index contributed by atoms with van der Waals surface area (Å²) in [5, 5.41) is 13.4. The maximum atomic E-state index is 9.16. The fourth-order valence-electron chi connectivity index (χ4n) is 1.98. The van der Waals surface area contributed by atoms with Crippen LogP contribution in [0.25, 0.3) is 0 Å². The molecule has 1 saturated carbocycles. The van der Waals surface area contributed by atoms with Crippen LogP contribution in [0.15, 0.2) is 10.7 Å². The van der Waals surface area contributed by atoms with Gasteiger partial charge in [0.05, 0.1) is 29.0 Å². The summed E-state index contributed by atoms with van der Waals surface area (Å²) in [6.07, 6.45) is 6.73. The van der Waals surface area contributed by atoms with Crippen LogP contribution in [0.5, 0.6) is 0 Å². The van der Waals surface area contributed by atoms with E-state index in [2.05, 4.69) is 21.0 Å². The maximum absolute atomic E-state index is 9.16. The maximum Gasteiger partial charge on any atom is 0.0861 e. The van der Waals surface area contributed by atoms with Crippen LogP contribution in [0.3, 0.4) is 0 Å². The first kappa shape index (κ1) is 9.21. The number of aromatic nitrogens is 2. The standard InChI is InChI=1S/C9H13BrN2O/c10-8-5-11-12(9(8)6-13)7-3-1-2-4-7/h5,7,13H,1-4,6H2. The molecule has 0 aromatic carbocycles. The second-order valence-electron chi connectivity index (χ2n) is 3.48. The van der Waals surface area contributed by atoms with Crippen molar-refractivity contribution in [1.82, 2.24) is 9.78 Å². The Labute approximate surface area is 85.9 Å². The molecule has 0 radical (unpaired) electrons. The smallest absolute Gasteiger partial charge is 0.0861 e. The zero-order valence-corrected chi connectivity index (χ0v) is 9.00. The van der Waals surface area contributed by atoms with Gasteiger partial charge in [0.2, 0.25) is 0 Å². The molecule has 0 amide bonds. The highest BCUT2D eigenvalue weighted by Gasteiger charge is 2.20. The first-order valence-electron chi connectivity index (χ1n) is 4.65. The summed E-state index contributed by atoms with van der Waals surface area (Å²) in [5.74, 6) is 0. The van der Waals surface area contributed by atoms with Crippen molar-refractivity contribution in [3.8, 4) is 0 Å². The van der Waals surface area contributed by atoms with Gasteiger partial charge in [0.15, 0.2) is 0 Å². The summed E-state index contributed by atoms with van der Waals surface area (Å²) in [4.78, 5) is 0. The van der Waals surface area contributed by atoms with Crippen molar-refractivity contribution in [1.29, 1.82) is 0 Å². The second-order valence-corrected chi connectivity index (χ2v) is 4.33. The molecule has 0 aliphatic heterocycles. The molecule has 1 N–H and O–H groups in total. The van der Waals surface area contributed by atoms with Crippen LogP contribution in [0.1, 0.15) is 37.4 Å². The van der Waals surface area contributed by atoms with E-state index in [0.29, 0.717) is 6.04 Å². The van der Waals surface area contributed by atoms with Crippen molar-refractivity contribution in [2.45, 2.75) is 38.3 Å². The van der Waals surface area contributed by atoms with Gasteiger partial charge in [-0.1, -0.05) is 12.8 Å². The van der Waals surface area contributed by atoms with Gasteiger partial charge in [-0.2, -0.15) is 5.10 Å². The zero-order chi connectivity index (χ0) is 9.26. The van der Waals surface area contributed by atoms with Crippen LogP contribution in [-0.2, 0) is 6.61 Å². The normalized spacial score (nSPS) is 18.3. The lowest BCUT2D eigenvalue weighted by Crippen LogP contribution is -2.10. The second kappa shape index (κ2) is 3.80. The summed E-state index contributed by atoms with van der Waals surface area (Å²) < 4.78 is 2.89. The first-order chi connectivity index (χ1) is 6.33. The Hall–Kier alpha value is -0.350. The predicted molar refractivity (Wildman–Crippen MR) is 53.4 cm³/mol. The minimum atomic E-state index is 0.0666. The largest absolute Gasteiger partial charge is 0.390 e. The molecule has 3 nitrogen and oxygen atoms in total. The SMILES string of the molecule is OCc1c(Br)cnn1C1CCCC1. The summed E-state index contributed by atoms with van der Waals surface area (Å²) in [6, 6.07) is 0.508. The third-order valence-corrected chi connectivity index (χ3v) is 3.33. The van der Waals surface area contributed by atoms with Gasteiger partial charge in [0.1, 0.15) is 0 Å². The molecular formula is C9H13BrN2O. The van der Waals surface area contributed by atoms with E-state index in [-0.39, 0.29) is 6.61 Å². The van der Waals surface area contributed by atoms with E-state index >= 15 is 0 Å². The lowest BCUT2D eigenvalue weighted by molar-refractivity contribution is 0.260. The predicted octanol–water partition coefficient (Wildman–Crippen LogP) is 2.25. The number of halogens is 1. The number of nitrogens with zero attached hydrogens (tertiary/aromatic N) is 2. The molecule has 4 heteroatoms. The molecule has 0 atom stereocenters. The topological polar surface area (TPSA) is 38.1 Å². The van der Waals surface area contributed by atoms with Crippen molar-refractivity contribution in [3.05, 3.63) is 16.4 Å². The van der Waals surface area contributed by atoms with Crippen LogP contribution < -0.4 is 0 Å². The lowest BCUT2D eigenvalue weighted by atomic mass is 10.2. The molecule has 2 rings (SSSR count). The van der Waals surface area contributed by atoms with E-state index in [9.17, 15) is 0 Å². The number of rotatable bonds is 2. The summed E-state index contributed by atoms with van der Waals surface area (Å²) >= 11 is 3.38. The van der Waals surface area contributed by atoms with Crippen LogP contribution >= 0.6 is 15.9 Å². The number of hydrogen-bond donors (Lipinski definition) is 1. The van der Waals surface area contributed by atoms with E-state index < -0.39 is 0 Å². The molecule has 13 heavy (non-hydrogen) atoms. The van der Waals surface area contributed by atoms with Crippen LogP contribution in [0.2, 0.25) is 0 Å². The van der Waals surface area contributed by atoms with Gasteiger partial charge in [-0.25, -0.2) is 0 Å². The molecule has 1 fully saturated rings. The van der Waals surface area contributed by atoms with Crippen molar-refractivity contribution in [2.24, 2.45) is 0 Å². The third-order valence-electron chi connectivity index (χ3n) is 2.67. The average molecular weight is 245 g/mol. The van der Waals surface area contributed by atoms with Gasteiger partial charge in [-0.15, -0.1) is 0 Å². The third kappa shape index (κ3) is 1.65. The highest BCUT2D eigenvalue weighted by Crippen LogP contribution is 2.31. The van der Waals surface area contributed by atoms with E-state index in [4.69, 9.17) is 5.11 Å². The lowest BCUT2D eigenvalue weighted by Gasteiger charge is -2.12. The Morgan fingerprint density at radius 2 is 2.23 bits per heavy atom. The van der Waals surface area contributed by atoms with Crippen LogP contribution in [0.4, 0.5) is 0 Å². The fourth-order valence-corrected chi connectivity index (χ4v) is 2.38. The van der Waals surface area contributed by atoms with E-state index in [1.54, 1.807) is 6.20 Å². The summed E-state index contributed by atoms with van der Waals surface area (Å²) in [7, 11) is 0. The van der Waals surface area contributed by atoms with E-state index in [1.807, 2.05) is 4.68 Å². The van der Waals surface area contributed by atoms with E-state index in [1.165, 1.54) is 25.7 Å². The molecule has 1 heterocycles. The average Bonchev–Trinajstić information content (AvgIpc) is 2.71. The highest BCUT2D eigenvalue weighted by molar-refractivity contribution is 9.10. The molecule has 72 valence electrons. The van der Waals surface area contributed by atoms with Gasteiger partial charge < -0.3 is 5.11 Å². The van der Waals surface area contributed by atoms with Crippen molar-refractivity contribution in [3.63, 3.8) is 0 Å². The van der Waals surface area contributed by atoms with Gasteiger partial charge in [-0.05, 0) is 28.8 Å². The van der Waals surface area contributed by atoms with Gasteiger partial charge in [0.25, 0.3) is 0 Å². The number of aliphatic hydroxyl groups is 1. The highest BCUT2D eigenvalue weighted by atomic mass is 79.9. The Bertz CT molecular complexity index is 292. The fraction of sp³-hybridized carbons (Fsp3) is 0.667.